The molecule has 1 N–H and O–H groups in total. The smallest absolute Gasteiger partial charge is 0.274 e. The first kappa shape index (κ1) is 17.4. The van der Waals surface area contributed by atoms with Gasteiger partial charge in [0.15, 0.2) is 0 Å². The second-order valence-electron chi connectivity index (χ2n) is 5.48. The summed E-state index contributed by atoms with van der Waals surface area (Å²) in [6.45, 7) is 4.62. The second-order valence-corrected chi connectivity index (χ2v) is 6.37. The Balaban J connectivity index is 2.27. The Morgan fingerprint density at radius 1 is 1.39 bits per heavy atom. The van der Waals surface area contributed by atoms with E-state index in [9.17, 15) is 9.90 Å². The first-order chi connectivity index (χ1) is 11.1. The molecule has 0 fully saturated rings. The summed E-state index contributed by atoms with van der Waals surface area (Å²) in [4.78, 5) is 19.7. The topological polar surface area (TPSA) is 62.7 Å². The monoisotopic (exact) mass is 334 g/mol. The van der Waals surface area contributed by atoms with Crippen LogP contribution in [-0.4, -0.2) is 41.2 Å². The molecule has 0 saturated carbocycles. The third-order valence-corrected chi connectivity index (χ3v) is 4.66. The maximum atomic E-state index is 12.8. The lowest BCUT2D eigenvalue weighted by atomic mass is 10.1. The number of hydrogen-bond acceptors (Lipinski definition) is 5. The molecule has 2 rings (SSSR count). The SMILES string of the molecule is COc1ccccc1CN(CCO)C(=O)c1ncsc1C(C)C. The predicted octanol–water partition coefficient (Wildman–Crippen LogP) is 2.91. The average Bonchev–Trinajstić information content (AvgIpc) is 3.04. The highest BCUT2D eigenvalue weighted by Gasteiger charge is 2.23. The van der Waals surface area contributed by atoms with Crippen LogP contribution in [-0.2, 0) is 6.54 Å². The zero-order valence-electron chi connectivity index (χ0n) is 13.7. The number of hydrogen-bond donors (Lipinski definition) is 1. The molecule has 1 aromatic heterocycles. The van der Waals surface area contributed by atoms with Crippen molar-refractivity contribution in [3.63, 3.8) is 0 Å². The van der Waals surface area contributed by atoms with Crippen molar-refractivity contribution in [2.75, 3.05) is 20.3 Å². The van der Waals surface area contributed by atoms with Gasteiger partial charge in [-0.25, -0.2) is 4.98 Å². The van der Waals surface area contributed by atoms with Crippen molar-refractivity contribution in [3.8, 4) is 5.75 Å². The van der Waals surface area contributed by atoms with Crippen LogP contribution in [0, 0.1) is 0 Å². The van der Waals surface area contributed by atoms with Gasteiger partial charge in [0.25, 0.3) is 5.91 Å². The summed E-state index contributed by atoms with van der Waals surface area (Å²) in [7, 11) is 1.61. The van der Waals surface area contributed by atoms with Gasteiger partial charge in [-0.15, -0.1) is 11.3 Å². The van der Waals surface area contributed by atoms with Crippen molar-refractivity contribution in [1.29, 1.82) is 0 Å². The molecule has 6 heteroatoms. The van der Waals surface area contributed by atoms with E-state index in [1.165, 1.54) is 11.3 Å². The van der Waals surface area contributed by atoms with E-state index in [1.54, 1.807) is 17.5 Å². The van der Waals surface area contributed by atoms with E-state index in [0.717, 1.165) is 16.2 Å². The van der Waals surface area contributed by atoms with Crippen molar-refractivity contribution in [3.05, 3.63) is 45.9 Å². The fourth-order valence-corrected chi connectivity index (χ4v) is 3.18. The van der Waals surface area contributed by atoms with Crippen LogP contribution in [0.4, 0.5) is 0 Å². The molecule has 0 bridgehead atoms. The molecule has 124 valence electrons. The molecule has 0 saturated heterocycles. The molecule has 23 heavy (non-hydrogen) atoms. The maximum absolute atomic E-state index is 12.8. The fraction of sp³-hybridized carbons (Fsp3) is 0.412. The number of benzene rings is 1. The van der Waals surface area contributed by atoms with Crippen molar-refractivity contribution < 1.29 is 14.6 Å². The summed E-state index contributed by atoms with van der Waals surface area (Å²) in [5, 5.41) is 9.32. The Labute approximate surface area is 140 Å². The molecular formula is C17H22N2O3S. The average molecular weight is 334 g/mol. The number of amides is 1. The van der Waals surface area contributed by atoms with E-state index in [1.807, 2.05) is 38.1 Å². The number of carbonyl (C=O) groups excluding carboxylic acids is 1. The van der Waals surface area contributed by atoms with E-state index in [2.05, 4.69) is 4.98 Å². The first-order valence-electron chi connectivity index (χ1n) is 7.53. The number of carbonyl (C=O) groups is 1. The third-order valence-electron chi connectivity index (χ3n) is 3.53. The lowest BCUT2D eigenvalue weighted by Crippen LogP contribution is -2.34. The molecule has 0 radical (unpaired) electrons. The van der Waals surface area contributed by atoms with Gasteiger partial charge in [0.05, 0.1) is 19.2 Å². The van der Waals surface area contributed by atoms with Gasteiger partial charge in [-0.2, -0.15) is 0 Å². The first-order valence-corrected chi connectivity index (χ1v) is 8.41. The van der Waals surface area contributed by atoms with Gasteiger partial charge >= 0.3 is 0 Å². The Hall–Kier alpha value is -1.92. The van der Waals surface area contributed by atoms with E-state index < -0.39 is 0 Å². The standard InChI is InChI=1S/C17H22N2O3S/c1-12(2)16-15(18-11-23-16)17(21)19(8-9-20)10-13-6-4-5-7-14(13)22-3/h4-7,11-12,20H,8-10H2,1-3H3. The molecule has 0 atom stereocenters. The molecule has 0 aliphatic heterocycles. The maximum Gasteiger partial charge on any atom is 0.274 e. The highest BCUT2D eigenvalue weighted by atomic mass is 32.1. The van der Waals surface area contributed by atoms with Crippen LogP contribution in [0.2, 0.25) is 0 Å². The predicted molar refractivity (Wildman–Crippen MR) is 91.0 cm³/mol. The van der Waals surface area contributed by atoms with Crippen LogP contribution in [0.15, 0.2) is 29.8 Å². The second kappa shape index (κ2) is 8.08. The minimum atomic E-state index is -0.157. The number of para-hydroxylation sites is 1. The van der Waals surface area contributed by atoms with Gasteiger partial charge in [-0.3, -0.25) is 4.79 Å². The minimum Gasteiger partial charge on any atom is -0.496 e. The van der Waals surface area contributed by atoms with Crippen molar-refractivity contribution in [2.24, 2.45) is 0 Å². The molecule has 0 unspecified atom stereocenters. The molecule has 1 amide bonds. The molecule has 2 aromatic rings. The summed E-state index contributed by atoms with van der Waals surface area (Å²) in [5.41, 5.74) is 3.08. The summed E-state index contributed by atoms with van der Waals surface area (Å²) < 4.78 is 5.34. The number of aromatic nitrogens is 1. The molecule has 5 nitrogen and oxygen atoms in total. The van der Waals surface area contributed by atoms with Crippen LogP contribution in [0.25, 0.3) is 0 Å². The Morgan fingerprint density at radius 2 is 2.13 bits per heavy atom. The Morgan fingerprint density at radius 3 is 2.78 bits per heavy atom. The molecule has 0 aliphatic rings. The summed E-state index contributed by atoms with van der Waals surface area (Å²) >= 11 is 1.49. The van der Waals surface area contributed by atoms with Gasteiger partial charge in [0.1, 0.15) is 11.4 Å². The van der Waals surface area contributed by atoms with Crippen LogP contribution in [0.5, 0.6) is 5.75 Å². The zero-order valence-corrected chi connectivity index (χ0v) is 14.5. The third kappa shape index (κ3) is 4.09. The van der Waals surface area contributed by atoms with Gasteiger partial charge in [0, 0.05) is 23.5 Å². The number of rotatable bonds is 7. The van der Waals surface area contributed by atoms with Crippen molar-refractivity contribution >= 4 is 17.2 Å². The minimum absolute atomic E-state index is 0.0952. The number of aliphatic hydroxyl groups is 1. The van der Waals surface area contributed by atoms with Crippen LogP contribution in [0.1, 0.15) is 40.7 Å². The molecule has 0 spiro atoms. The van der Waals surface area contributed by atoms with Crippen LogP contribution in [0.3, 0.4) is 0 Å². The Bertz CT molecular complexity index is 655. The van der Waals surface area contributed by atoms with Gasteiger partial charge in [0.2, 0.25) is 0 Å². The van der Waals surface area contributed by atoms with Crippen LogP contribution >= 0.6 is 11.3 Å². The lowest BCUT2D eigenvalue weighted by molar-refractivity contribution is 0.0700. The molecule has 0 aliphatic carbocycles. The number of nitrogens with zero attached hydrogens (tertiary/aromatic N) is 2. The molecular weight excluding hydrogens is 312 g/mol. The molecule has 1 heterocycles. The van der Waals surface area contributed by atoms with E-state index in [4.69, 9.17) is 4.74 Å². The fourth-order valence-electron chi connectivity index (χ4n) is 2.39. The quantitative estimate of drug-likeness (QED) is 0.846. The molecule has 1 aromatic carbocycles. The summed E-state index contributed by atoms with van der Waals surface area (Å²) in [5.74, 6) is 0.809. The highest BCUT2D eigenvalue weighted by Crippen LogP contribution is 2.26. The van der Waals surface area contributed by atoms with Gasteiger partial charge < -0.3 is 14.7 Å². The number of thiazole rings is 1. The van der Waals surface area contributed by atoms with Gasteiger partial charge in [-0.05, 0) is 12.0 Å². The largest absolute Gasteiger partial charge is 0.496 e. The number of ether oxygens (including phenoxy) is 1. The lowest BCUT2D eigenvalue weighted by Gasteiger charge is -2.23. The van der Waals surface area contributed by atoms with E-state index in [-0.39, 0.29) is 25.0 Å². The zero-order chi connectivity index (χ0) is 16.8. The summed E-state index contributed by atoms with van der Waals surface area (Å²) in [6, 6.07) is 7.57. The normalized spacial score (nSPS) is 10.8. The summed E-state index contributed by atoms with van der Waals surface area (Å²) in [6.07, 6.45) is 0. The highest BCUT2D eigenvalue weighted by molar-refractivity contribution is 7.10. The van der Waals surface area contributed by atoms with Crippen molar-refractivity contribution in [1.82, 2.24) is 9.88 Å². The van der Waals surface area contributed by atoms with Gasteiger partial charge in [-0.1, -0.05) is 32.0 Å². The van der Waals surface area contributed by atoms with E-state index in [0.29, 0.717) is 12.2 Å². The van der Waals surface area contributed by atoms with Crippen molar-refractivity contribution in [2.45, 2.75) is 26.3 Å². The van der Waals surface area contributed by atoms with E-state index >= 15 is 0 Å². The number of aliphatic hydroxyl groups excluding tert-OH is 1. The Kier molecular flexibility index (Phi) is 6.12. The number of methoxy groups -OCH3 is 1. The van der Waals surface area contributed by atoms with Crippen LogP contribution < -0.4 is 4.74 Å².